The zero-order valence-corrected chi connectivity index (χ0v) is 13.8. The van der Waals surface area contributed by atoms with Gasteiger partial charge in [0.05, 0.1) is 5.02 Å². The Morgan fingerprint density at radius 1 is 1.24 bits per heavy atom. The molecular formula is C17H12ClN3O4. The van der Waals surface area contributed by atoms with E-state index < -0.39 is 5.97 Å². The second-order valence-electron chi connectivity index (χ2n) is 5.03. The van der Waals surface area contributed by atoms with Gasteiger partial charge in [0, 0.05) is 29.5 Å². The number of hydrogen-bond acceptors (Lipinski definition) is 6. The van der Waals surface area contributed by atoms with E-state index in [2.05, 4.69) is 15.1 Å². The molecule has 0 atom stereocenters. The molecule has 0 bridgehead atoms. The predicted molar refractivity (Wildman–Crippen MR) is 90.3 cm³/mol. The molecule has 3 rings (SSSR count). The number of benzene rings is 1. The standard InChI is InChI=1S/C17H12ClN3O4/c1-10(17(22)23)8-15-20-16(21-25-15)11-2-5-13(6-3-11)24-14-7-4-12(18)9-19-14/h2-9H,1H3,(H,22,23). The van der Waals surface area contributed by atoms with Crippen LogP contribution in [0.4, 0.5) is 0 Å². The maximum absolute atomic E-state index is 10.8. The van der Waals surface area contributed by atoms with Crippen LogP contribution in [0.1, 0.15) is 12.8 Å². The molecule has 126 valence electrons. The highest BCUT2D eigenvalue weighted by molar-refractivity contribution is 6.30. The number of halogens is 1. The third kappa shape index (κ3) is 4.21. The molecule has 0 spiro atoms. The van der Waals surface area contributed by atoms with Gasteiger partial charge in [-0.1, -0.05) is 16.8 Å². The summed E-state index contributed by atoms with van der Waals surface area (Å²) in [7, 11) is 0. The summed E-state index contributed by atoms with van der Waals surface area (Å²) in [6.07, 6.45) is 2.81. The summed E-state index contributed by atoms with van der Waals surface area (Å²) in [5.74, 6) is 0.440. The number of carboxylic acids is 1. The summed E-state index contributed by atoms with van der Waals surface area (Å²) in [6, 6.07) is 10.3. The lowest BCUT2D eigenvalue weighted by Crippen LogP contribution is -1.95. The molecule has 0 saturated heterocycles. The van der Waals surface area contributed by atoms with E-state index >= 15 is 0 Å². The van der Waals surface area contributed by atoms with E-state index in [0.29, 0.717) is 28.0 Å². The van der Waals surface area contributed by atoms with E-state index in [1.54, 1.807) is 36.4 Å². The van der Waals surface area contributed by atoms with Crippen molar-refractivity contribution in [3.05, 3.63) is 59.1 Å². The largest absolute Gasteiger partial charge is 0.478 e. The third-order valence-corrected chi connectivity index (χ3v) is 3.38. The monoisotopic (exact) mass is 357 g/mol. The molecule has 7 nitrogen and oxygen atoms in total. The minimum Gasteiger partial charge on any atom is -0.478 e. The van der Waals surface area contributed by atoms with E-state index in [9.17, 15) is 4.79 Å². The molecule has 1 N–H and O–H groups in total. The number of aliphatic carboxylic acids is 1. The molecule has 1 aromatic carbocycles. The second kappa shape index (κ2) is 7.14. The predicted octanol–water partition coefficient (Wildman–Crippen LogP) is 4.07. The molecule has 0 amide bonds. The van der Waals surface area contributed by atoms with Gasteiger partial charge in [-0.2, -0.15) is 4.98 Å². The van der Waals surface area contributed by atoms with Gasteiger partial charge in [-0.25, -0.2) is 9.78 Å². The Bertz CT molecular complexity index is 918. The van der Waals surface area contributed by atoms with Gasteiger partial charge in [-0.3, -0.25) is 0 Å². The lowest BCUT2D eigenvalue weighted by atomic mass is 10.2. The number of ether oxygens (including phenoxy) is 1. The Labute approximate surface area is 147 Å². The molecule has 0 fully saturated rings. The normalized spacial score (nSPS) is 11.4. The number of carbonyl (C=O) groups is 1. The van der Waals surface area contributed by atoms with Crippen molar-refractivity contribution in [3.8, 4) is 23.0 Å². The highest BCUT2D eigenvalue weighted by Crippen LogP contribution is 2.24. The highest BCUT2D eigenvalue weighted by Gasteiger charge is 2.09. The SMILES string of the molecule is CC(=Cc1nc(-c2ccc(Oc3ccc(Cl)cn3)cc2)no1)C(=O)O. The summed E-state index contributed by atoms with van der Waals surface area (Å²) in [5.41, 5.74) is 0.808. The minimum absolute atomic E-state index is 0.106. The smallest absolute Gasteiger partial charge is 0.331 e. The Balaban J connectivity index is 1.74. The van der Waals surface area contributed by atoms with Gasteiger partial charge in [0.2, 0.25) is 11.7 Å². The number of pyridine rings is 1. The Morgan fingerprint density at radius 2 is 2.00 bits per heavy atom. The van der Waals surface area contributed by atoms with Crippen molar-refractivity contribution in [2.45, 2.75) is 6.92 Å². The van der Waals surface area contributed by atoms with Crippen LogP contribution in [0.5, 0.6) is 11.6 Å². The second-order valence-corrected chi connectivity index (χ2v) is 5.47. The average molecular weight is 358 g/mol. The van der Waals surface area contributed by atoms with Crippen molar-refractivity contribution in [2.24, 2.45) is 0 Å². The van der Waals surface area contributed by atoms with Gasteiger partial charge in [0.1, 0.15) is 5.75 Å². The van der Waals surface area contributed by atoms with E-state index in [1.807, 2.05) is 0 Å². The molecule has 0 aliphatic carbocycles. The zero-order chi connectivity index (χ0) is 17.8. The van der Waals surface area contributed by atoms with Crippen LogP contribution in [0.3, 0.4) is 0 Å². The fraction of sp³-hybridized carbons (Fsp3) is 0.0588. The maximum atomic E-state index is 10.8. The first-order valence-electron chi connectivity index (χ1n) is 7.16. The summed E-state index contributed by atoms with van der Waals surface area (Å²) in [5, 5.41) is 13.2. The van der Waals surface area contributed by atoms with Crippen LogP contribution in [0, 0.1) is 0 Å². The van der Waals surface area contributed by atoms with Crippen molar-refractivity contribution in [1.82, 2.24) is 15.1 Å². The molecule has 0 saturated carbocycles. The first-order chi connectivity index (χ1) is 12.0. The molecule has 2 heterocycles. The number of nitrogens with zero attached hydrogens (tertiary/aromatic N) is 3. The molecule has 0 aliphatic heterocycles. The van der Waals surface area contributed by atoms with Crippen molar-refractivity contribution < 1.29 is 19.2 Å². The van der Waals surface area contributed by atoms with Gasteiger partial charge in [0.25, 0.3) is 5.89 Å². The summed E-state index contributed by atoms with van der Waals surface area (Å²) < 4.78 is 10.6. The molecule has 25 heavy (non-hydrogen) atoms. The van der Waals surface area contributed by atoms with Gasteiger partial charge in [-0.05, 0) is 37.3 Å². The van der Waals surface area contributed by atoms with Crippen LogP contribution in [-0.2, 0) is 4.79 Å². The van der Waals surface area contributed by atoms with Crippen LogP contribution in [0.2, 0.25) is 5.02 Å². The molecule has 8 heteroatoms. The summed E-state index contributed by atoms with van der Waals surface area (Å²) >= 11 is 5.78. The summed E-state index contributed by atoms with van der Waals surface area (Å²) in [6.45, 7) is 1.45. The van der Waals surface area contributed by atoms with Crippen molar-refractivity contribution in [1.29, 1.82) is 0 Å². The summed E-state index contributed by atoms with van der Waals surface area (Å²) in [4.78, 5) is 19.0. The zero-order valence-electron chi connectivity index (χ0n) is 13.0. The fourth-order valence-electron chi connectivity index (χ4n) is 1.87. The van der Waals surface area contributed by atoms with Gasteiger partial charge in [-0.15, -0.1) is 0 Å². The van der Waals surface area contributed by atoms with Crippen LogP contribution in [-0.4, -0.2) is 26.2 Å². The number of rotatable bonds is 5. The Hall–Kier alpha value is -3.19. The first-order valence-corrected chi connectivity index (χ1v) is 7.54. The van der Waals surface area contributed by atoms with E-state index in [1.165, 1.54) is 19.2 Å². The van der Waals surface area contributed by atoms with Gasteiger partial charge >= 0.3 is 5.97 Å². The molecular weight excluding hydrogens is 346 g/mol. The topological polar surface area (TPSA) is 98.3 Å². The third-order valence-electron chi connectivity index (χ3n) is 3.15. The first kappa shape index (κ1) is 16.7. The Morgan fingerprint density at radius 3 is 2.64 bits per heavy atom. The number of aromatic nitrogens is 3. The molecule has 0 radical (unpaired) electrons. The van der Waals surface area contributed by atoms with Crippen LogP contribution in [0.15, 0.2) is 52.7 Å². The maximum Gasteiger partial charge on any atom is 0.331 e. The Kier molecular flexibility index (Phi) is 4.76. The van der Waals surface area contributed by atoms with E-state index in [4.69, 9.17) is 26.0 Å². The van der Waals surface area contributed by atoms with Crippen LogP contribution < -0.4 is 4.74 Å². The van der Waals surface area contributed by atoms with Crippen molar-refractivity contribution in [2.75, 3.05) is 0 Å². The fourth-order valence-corrected chi connectivity index (χ4v) is 1.99. The van der Waals surface area contributed by atoms with Crippen LogP contribution in [0.25, 0.3) is 17.5 Å². The van der Waals surface area contributed by atoms with Gasteiger partial charge in [0.15, 0.2) is 0 Å². The molecule has 0 unspecified atom stereocenters. The van der Waals surface area contributed by atoms with E-state index in [-0.39, 0.29) is 11.5 Å². The van der Waals surface area contributed by atoms with E-state index in [0.717, 1.165) is 0 Å². The van der Waals surface area contributed by atoms with Crippen LogP contribution >= 0.6 is 11.6 Å². The lowest BCUT2D eigenvalue weighted by molar-refractivity contribution is -0.132. The quantitative estimate of drug-likeness (QED) is 0.687. The van der Waals surface area contributed by atoms with Crippen molar-refractivity contribution >= 4 is 23.6 Å². The number of hydrogen-bond donors (Lipinski definition) is 1. The molecule has 2 aromatic heterocycles. The number of carboxylic acid groups (broad SMARTS) is 1. The molecule has 0 aliphatic rings. The van der Waals surface area contributed by atoms with Gasteiger partial charge < -0.3 is 14.4 Å². The highest BCUT2D eigenvalue weighted by atomic mass is 35.5. The van der Waals surface area contributed by atoms with Crippen molar-refractivity contribution in [3.63, 3.8) is 0 Å². The average Bonchev–Trinajstić information content (AvgIpc) is 3.06. The molecule has 3 aromatic rings. The lowest BCUT2D eigenvalue weighted by Gasteiger charge is -2.04. The minimum atomic E-state index is -1.04.